The predicted molar refractivity (Wildman–Crippen MR) is 140 cm³/mol. The van der Waals surface area contributed by atoms with Crippen molar-refractivity contribution in [1.82, 2.24) is 14.8 Å². The Bertz CT molecular complexity index is 1230. The van der Waals surface area contributed by atoms with Gasteiger partial charge in [0.2, 0.25) is 5.43 Å². The molecular weight excluding hydrogens is 552 g/mol. The molecule has 204 valence electrons. The van der Waals surface area contributed by atoms with Gasteiger partial charge in [-0.2, -0.15) is 0 Å². The van der Waals surface area contributed by atoms with Crippen molar-refractivity contribution in [3.63, 3.8) is 0 Å². The summed E-state index contributed by atoms with van der Waals surface area (Å²) in [5.41, 5.74) is -2.37. The molecule has 3 rings (SSSR count). The molecule has 2 atom stereocenters. The number of piperazine rings is 1. The molecule has 1 fully saturated rings. The van der Waals surface area contributed by atoms with Gasteiger partial charge in [0.15, 0.2) is 5.82 Å². The van der Waals surface area contributed by atoms with Crippen LogP contribution in [0, 0.1) is 11.6 Å². The highest BCUT2D eigenvalue weighted by atomic mass is 79.9. The Morgan fingerprint density at radius 2 is 1.95 bits per heavy atom. The first kappa shape index (κ1) is 29.0. The van der Waals surface area contributed by atoms with Gasteiger partial charge in [-0.05, 0) is 53.5 Å². The van der Waals surface area contributed by atoms with E-state index in [1.807, 2.05) is 0 Å². The fraction of sp³-hybridized carbons (Fsp3) is 0.577. The lowest BCUT2D eigenvalue weighted by atomic mass is 9.93. The molecule has 1 saturated heterocycles. The molecule has 0 aliphatic carbocycles. The van der Waals surface area contributed by atoms with Gasteiger partial charge in [-0.3, -0.25) is 9.69 Å². The molecule has 2 heterocycles. The Balaban J connectivity index is 2.13. The zero-order valence-corrected chi connectivity index (χ0v) is 23.4. The van der Waals surface area contributed by atoms with Gasteiger partial charge in [0, 0.05) is 42.8 Å². The number of esters is 1. The van der Waals surface area contributed by atoms with E-state index in [4.69, 9.17) is 9.47 Å². The van der Waals surface area contributed by atoms with E-state index in [9.17, 15) is 14.4 Å². The molecule has 0 spiro atoms. The minimum absolute atomic E-state index is 0.128. The van der Waals surface area contributed by atoms with E-state index >= 15 is 8.78 Å². The molecule has 1 N–H and O–H groups in total. The lowest BCUT2D eigenvalue weighted by Gasteiger charge is -2.41. The van der Waals surface area contributed by atoms with Gasteiger partial charge in [0.1, 0.15) is 17.0 Å². The van der Waals surface area contributed by atoms with Gasteiger partial charge < -0.3 is 19.4 Å². The minimum atomic E-state index is -1.02. The van der Waals surface area contributed by atoms with Crippen molar-refractivity contribution in [2.45, 2.75) is 71.7 Å². The molecule has 1 aliphatic heterocycles. The third-order valence-corrected chi connectivity index (χ3v) is 6.72. The van der Waals surface area contributed by atoms with Crippen LogP contribution in [0.2, 0.25) is 0 Å². The van der Waals surface area contributed by atoms with Gasteiger partial charge in [0.25, 0.3) is 0 Å². The SMILES string of the molecule is CCn1cc(C(=O)OCCCCBr)c(=O)c2cc(F)c(C3C(C)NCCN3C(=O)OC(C)(C)C)c(F)c21. The molecule has 1 aromatic carbocycles. The van der Waals surface area contributed by atoms with E-state index in [0.717, 1.165) is 17.8 Å². The summed E-state index contributed by atoms with van der Waals surface area (Å²) in [5, 5.41) is 3.64. The summed E-state index contributed by atoms with van der Waals surface area (Å²) in [6.45, 7) is 9.53. The fourth-order valence-corrected chi connectivity index (χ4v) is 4.87. The fourth-order valence-electron chi connectivity index (χ4n) is 4.47. The topological polar surface area (TPSA) is 89.9 Å². The molecule has 0 radical (unpaired) electrons. The average Bonchev–Trinajstić information content (AvgIpc) is 2.82. The van der Waals surface area contributed by atoms with Crippen LogP contribution < -0.4 is 10.7 Å². The number of halogens is 3. The number of nitrogens with zero attached hydrogens (tertiary/aromatic N) is 2. The number of amides is 1. The molecule has 0 bridgehead atoms. The average molecular weight is 586 g/mol. The number of alkyl halides is 1. The predicted octanol–water partition coefficient (Wildman–Crippen LogP) is 4.90. The molecule has 2 unspecified atom stereocenters. The summed E-state index contributed by atoms with van der Waals surface area (Å²) >= 11 is 3.30. The number of hydrogen-bond donors (Lipinski definition) is 1. The zero-order chi connectivity index (χ0) is 27.5. The third-order valence-electron chi connectivity index (χ3n) is 6.16. The third kappa shape index (κ3) is 6.31. The molecule has 1 amide bonds. The van der Waals surface area contributed by atoms with Crippen LogP contribution in [-0.2, 0) is 16.0 Å². The van der Waals surface area contributed by atoms with E-state index in [2.05, 4.69) is 21.2 Å². The van der Waals surface area contributed by atoms with E-state index < -0.39 is 46.8 Å². The van der Waals surface area contributed by atoms with E-state index in [1.54, 1.807) is 34.6 Å². The number of carbonyl (C=O) groups is 2. The van der Waals surface area contributed by atoms with Crippen LogP contribution in [-0.4, -0.2) is 58.2 Å². The second-order valence-corrected chi connectivity index (χ2v) is 10.8. The normalized spacial score (nSPS) is 18.2. The Hall–Kier alpha value is -2.53. The summed E-state index contributed by atoms with van der Waals surface area (Å²) in [6, 6.07) is -0.580. The standard InChI is InChI=1S/C26H34BrF2N3O5/c1-6-31-14-17(24(34)36-12-8-7-9-27)23(33)16-13-18(28)19(20(29)22(16)31)21-15(2)30-10-11-32(21)25(35)37-26(3,4)5/h13-15,21,30H,6-12H2,1-5H3. The first-order valence-electron chi connectivity index (χ1n) is 12.4. The highest BCUT2D eigenvalue weighted by Gasteiger charge is 2.39. The number of pyridine rings is 1. The Kier molecular flexibility index (Phi) is 9.33. The second-order valence-electron chi connectivity index (χ2n) is 10.0. The monoisotopic (exact) mass is 585 g/mol. The van der Waals surface area contributed by atoms with Gasteiger partial charge in [-0.25, -0.2) is 18.4 Å². The van der Waals surface area contributed by atoms with Crippen molar-refractivity contribution < 1.29 is 27.8 Å². The summed E-state index contributed by atoms with van der Waals surface area (Å²) in [7, 11) is 0. The van der Waals surface area contributed by atoms with Crippen LogP contribution in [0.1, 0.15) is 69.4 Å². The van der Waals surface area contributed by atoms with Crippen LogP contribution >= 0.6 is 15.9 Å². The van der Waals surface area contributed by atoms with Crippen molar-refractivity contribution >= 4 is 38.9 Å². The number of hydrogen-bond acceptors (Lipinski definition) is 6. The molecule has 37 heavy (non-hydrogen) atoms. The number of unbranched alkanes of at least 4 members (excludes halogenated alkanes) is 1. The van der Waals surface area contributed by atoms with Gasteiger partial charge in [-0.1, -0.05) is 15.9 Å². The number of ether oxygens (including phenoxy) is 2. The van der Waals surface area contributed by atoms with E-state index in [-0.39, 0.29) is 41.7 Å². The maximum absolute atomic E-state index is 16.2. The number of aromatic nitrogens is 1. The molecule has 0 saturated carbocycles. The first-order chi connectivity index (χ1) is 17.4. The lowest BCUT2D eigenvalue weighted by Crippen LogP contribution is -2.54. The second kappa shape index (κ2) is 11.9. The van der Waals surface area contributed by atoms with Crippen molar-refractivity contribution in [2.24, 2.45) is 0 Å². The van der Waals surface area contributed by atoms with Gasteiger partial charge in [-0.15, -0.1) is 0 Å². The van der Waals surface area contributed by atoms with Crippen molar-refractivity contribution in [2.75, 3.05) is 25.0 Å². The maximum atomic E-state index is 16.2. The van der Waals surface area contributed by atoms with Crippen molar-refractivity contribution in [1.29, 1.82) is 0 Å². The Labute approximate surface area is 223 Å². The van der Waals surface area contributed by atoms with Crippen molar-refractivity contribution in [3.8, 4) is 0 Å². The number of aryl methyl sites for hydroxylation is 1. The molecule has 8 nitrogen and oxygen atoms in total. The largest absolute Gasteiger partial charge is 0.462 e. The number of benzene rings is 1. The molecular formula is C26H34BrF2N3O5. The number of fused-ring (bicyclic) bond motifs is 1. The number of nitrogens with one attached hydrogen (secondary N) is 1. The van der Waals surface area contributed by atoms with Crippen LogP contribution in [0.15, 0.2) is 17.1 Å². The highest BCUT2D eigenvalue weighted by molar-refractivity contribution is 9.09. The van der Waals surface area contributed by atoms with Crippen LogP contribution in [0.4, 0.5) is 13.6 Å². The molecule has 2 aromatic rings. The lowest BCUT2D eigenvalue weighted by molar-refractivity contribution is 0.00546. The number of rotatable bonds is 7. The Morgan fingerprint density at radius 3 is 2.57 bits per heavy atom. The smallest absolute Gasteiger partial charge is 0.410 e. The van der Waals surface area contributed by atoms with Crippen molar-refractivity contribution in [3.05, 3.63) is 45.2 Å². The van der Waals surface area contributed by atoms with E-state index in [1.165, 1.54) is 15.7 Å². The number of carbonyl (C=O) groups excluding carboxylic acids is 2. The van der Waals surface area contributed by atoms with Crippen LogP contribution in [0.3, 0.4) is 0 Å². The van der Waals surface area contributed by atoms with Gasteiger partial charge >= 0.3 is 12.1 Å². The zero-order valence-electron chi connectivity index (χ0n) is 21.8. The van der Waals surface area contributed by atoms with Gasteiger partial charge in [0.05, 0.1) is 23.6 Å². The maximum Gasteiger partial charge on any atom is 0.410 e. The summed E-state index contributed by atoms with van der Waals surface area (Å²) < 4.78 is 43.9. The summed E-state index contributed by atoms with van der Waals surface area (Å²) in [5.74, 6) is -2.78. The summed E-state index contributed by atoms with van der Waals surface area (Å²) in [4.78, 5) is 40.0. The molecule has 1 aromatic heterocycles. The highest BCUT2D eigenvalue weighted by Crippen LogP contribution is 2.35. The molecule has 11 heteroatoms. The Morgan fingerprint density at radius 1 is 1.24 bits per heavy atom. The quantitative estimate of drug-likeness (QED) is 0.282. The summed E-state index contributed by atoms with van der Waals surface area (Å²) in [6.07, 6.45) is 1.96. The molecule has 1 aliphatic rings. The van der Waals surface area contributed by atoms with Crippen LogP contribution in [0.5, 0.6) is 0 Å². The van der Waals surface area contributed by atoms with Crippen LogP contribution in [0.25, 0.3) is 10.9 Å². The minimum Gasteiger partial charge on any atom is -0.462 e. The van der Waals surface area contributed by atoms with E-state index in [0.29, 0.717) is 13.0 Å². The first-order valence-corrected chi connectivity index (χ1v) is 13.5.